The van der Waals surface area contributed by atoms with E-state index in [0.717, 1.165) is 24.9 Å². The van der Waals surface area contributed by atoms with Gasteiger partial charge < -0.3 is 4.90 Å². The second-order valence-corrected chi connectivity index (χ2v) is 6.52. The van der Waals surface area contributed by atoms with E-state index in [1.165, 1.54) is 6.42 Å². The number of anilines is 1. The molecule has 3 nitrogen and oxygen atoms in total. The van der Waals surface area contributed by atoms with Crippen LogP contribution in [0.3, 0.4) is 0 Å². The molecule has 0 spiro atoms. The largest absolute Gasteiger partial charge is 0.311 e. The van der Waals surface area contributed by atoms with Gasteiger partial charge in [0.15, 0.2) is 0 Å². The Balaban J connectivity index is 2.24. The highest BCUT2D eigenvalue weighted by molar-refractivity contribution is 5.95. The van der Waals surface area contributed by atoms with Crippen molar-refractivity contribution in [2.75, 3.05) is 11.4 Å². The van der Waals surface area contributed by atoms with E-state index >= 15 is 0 Å². The third-order valence-electron chi connectivity index (χ3n) is 4.59. The molecule has 3 heteroatoms. The van der Waals surface area contributed by atoms with Crippen LogP contribution >= 0.6 is 0 Å². The first-order chi connectivity index (χ1) is 10.1. The molecule has 0 saturated heterocycles. The minimum atomic E-state index is 0.0506. The van der Waals surface area contributed by atoms with E-state index in [-0.39, 0.29) is 17.2 Å². The minimum Gasteiger partial charge on any atom is -0.311 e. The molecule has 1 amide bonds. The summed E-state index contributed by atoms with van der Waals surface area (Å²) in [5, 5.41) is 8.87. The molecular formula is C18H24N2O. The summed E-state index contributed by atoms with van der Waals surface area (Å²) in [6.45, 7) is 4.87. The lowest BCUT2D eigenvalue weighted by Crippen LogP contribution is -2.44. The normalized spacial score (nSPS) is 20.5. The van der Waals surface area contributed by atoms with Gasteiger partial charge in [0.2, 0.25) is 5.91 Å². The van der Waals surface area contributed by atoms with Gasteiger partial charge in [-0.25, -0.2) is 0 Å². The fourth-order valence-electron chi connectivity index (χ4n) is 3.28. The molecule has 112 valence electrons. The Bertz CT molecular complexity index is 516. The van der Waals surface area contributed by atoms with E-state index in [1.807, 2.05) is 30.3 Å². The lowest BCUT2D eigenvalue weighted by atomic mass is 9.68. The number of nitriles is 1. The molecule has 1 atom stereocenters. The number of hydrogen-bond donors (Lipinski definition) is 0. The molecule has 2 rings (SSSR count). The Morgan fingerprint density at radius 3 is 2.67 bits per heavy atom. The molecule has 0 bridgehead atoms. The zero-order valence-corrected chi connectivity index (χ0v) is 13.0. The molecule has 1 aliphatic rings. The fraction of sp³-hybridized carbons (Fsp3) is 0.556. The van der Waals surface area contributed by atoms with Gasteiger partial charge in [0.25, 0.3) is 0 Å². The van der Waals surface area contributed by atoms with E-state index in [2.05, 4.69) is 19.9 Å². The fourth-order valence-corrected chi connectivity index (χ4v) is 3.28. The van der Waals surface area contributed by atoms with Crippen molar-refractivity contribution in [2.45, 2.75) is 46.0 Å². The number of hydrogen-bond acceptors (Lipinski definition) is 2. The molecule has 21 heavy (non-hydrogen) atoms. The Hall–Kier alpha value is -1.82. The monoisotopic (exact) mass is 284 g/mol. The van der Waals surface area contributed by atoms with Crippen LogP contribution in [0.1, 0.15) is 46.0 Å². The van der Waals surface area contributed by atoms with Crippen LogP contribution in [0.5, 0.6) is 0 Å². The summed E-state index contributed by atoms with van der Waals surface area (Å²) in [6.07, 6.45) is 4.76. The number of rotatable bonds is 4. The molecule has 1 fully saturated rings. The Morgan fingerprint density at radius 2 is 2.05 bits per heavy atom. The van der Waals surface area contributed by atoms with Gasteiger partial charge in [0, 0.05) is 18.2 Å². The molecule has 1 unspecified atom stereocenters. The predicted octanol–water partition coefficient (Wildman–Crippen LogP) is 4.15. The summed E-state index contributed by atoms with van der Waals surface area (Å²) in [4.78, 5) is 14.8. The molecule has 0 radical (unpaired) electrons. The Morgan fingerprint density at radius 1 is 1.33 bits per heavy atom. The summed E-state index contributed by atoms with van der Waals surface area (Å²) in [7, 11) is 0. The maximum absolute atomic E-state index is 13.0. The number of nitrogens with zero attached hydrogens (tertiary/aromatic N) is 2. The number of amides is 1. The van der Waals surface area contributed by atoms with Crippen molar-refractivity contribution < 1.29 is 4.79 Å². The molecule has 0 N–H and O–H groups in total. The number of para-hydroxylation sites is 1. The van der Waals surface area contributed by atoms with E-state index in [1.54, 1.807) is 4.90 Å². The van der Waals surface area contributed by atoms with Crippen LogP contribution in [0.4, 0.5) is 5.69 Å². The van der Waals surface area contributed by atoms with Gasteiger partial charge in [-0.1, -0.05) is 44.9 Å². The van der Waals surface area contributed by atoms with Crippen LogP contribution in [0.15, 0.2) is 30.3 Å². The van der Waals surface area contributed by atoms with Crippen molar-refractivity contribution in [2.24, 2.45) is 11.3 Å². The molecular weight excluding hydrogens is 260 g/mol. The molecule has 0 aliphatic heterocycles. The van der Waals surface area contributed by atoms with Crippen molar-refractivity contribution in [3.8, 4) is 6.07 Å². The molecule has 1 aromatic rings. The van der Waals surface area contributed by atoms with Crippen molar-refractivity contribution in [1.29, 1.82) is 5.26 Å². The zero-order valence-electron chi connectivity index (χ0n) is 13.0. The highest BCUT2D eigenvalue weighted by Crippen LogP contribution is 2.42. The lowest BCUT2D eigenvalue weighted by Gasteiger charge is -2.40. The first-order valence-corrected chi connectivity index (χ1v) is 7.79. The maximum atomic E-state index is 13.0. The first kappa shape index (κ1) is 15.6. The highest BCUT2D eigenvalue weighted by atomic mass is 16.2. The van der Waals surface area contributed by atoms with Crippen LogP contribution < -0.4 is 4.90 Å². The van der Waals surface area contributed by atoms with Gasteiger partial charge in [0.05, 0.1) is 12.5 Å². The average molecular weight is 284 g/mol. The molecule has 1 aliphatic carbocycles. The van der Waals surface area contributed by atoms with E-state index in [4.69, 9.17) is 5.26 Å². The standard InChI is InChI=1S/C18H24N2O/c1-18(2)12-7-6-11-16(18)17(21)20(14-8-13-19)15-9-4-3-5-10-15/h3-5,9-10,16H,6-8,11-12,14H2,1-2H3. The second kappa shape index (κ2) is 6.76. The predicted molar refractivity (Wildman–Crippen MR) is 84.8 cm³/mol. The second-order valence-electron chi connectivity index (χ2n) is 6.52. The molecule has 0 heterocycles. The first-order valence-electron chi connectivity index (χ1n) is 7.79. The van der Waals surface area contributed by atoms with E-state index in [0.29, 0.717) is 13.0 Å². The summed E-state index contributed by atoms with van der Waals surface area (Å²) >= 11 is 0. The highest BCUT2D eigenvalue weighted by Gasteiger charge is 2.39. The number of carbonyl (C=O) groups is 1. The van der Waals surface area contributed by atoms with Crippen LogP contribution in [0.25, 0.3) is 0 Å². The summed E-state index contributed by atoms with van der Waals surface area (Å²) in [6, 6.07) is 11.9. The Kier molecular flexibility index (Phi) is 5.01. The van der Waals surface area contributed by atoms with Crippen LogP contribution in [0.2, 0.25) is 0 Å². The quantitative estimate of drug-likeness (QED) is 0.833. The van der Waals surface area contributed by atoms with Crippen molar-refractivity contribution in [3.63, 3.8) is 0 Å². The van der Waals surface area contributed by atoms with Crippen LogP contribution in [0, 0.1) is 22.7 Å². The SMILES string of the molecule is CC1(C)CCCCC1C(=O)N(CCC#N)c1ccccc1. The van der Waals surface area contributed by atoms with Crippen molar-refractivity contribution in [1.82, 2.24) is 0 Å². The molecule has 0 aromatic heterocycles. The van der Waals surface area contributed by atoms with E-state index < -0.39 is 0 Å². The smallest absolute Gasteiger partial charge is 0.230 e. The minimum absolute atomic E-state index is 0.0506. The van der Waals surface area contributed by atoms with Crippen LogP contribution in [-0.2, 0) is 4.79 Å². The van der Waals surface area contributed by atoms with Gasteiger partial charge in [0.1, 0.15) is 0 Å². The van der Waals surface area contributed by atoms with Crippen molar-refractivity contribution >= 4 is 11.6 Å². The van der Waals surface area contributed by atoms with E-state index in [9.17, 15) is 4.79 Å². The number of benzene rings is 1. The summed E-state index contributed by atoms with van der Waals surface area (Å²) in [5.74, 6) is 0.242. The lowest BCUT2D eigenvalue weighted by molar-refractivity contribution is -0.127. The van der Waals surface area contributed by atoms with Gasteiger partial charge in [-0.2, -0.15) is 5.26 Å². The topological polar surface area (TPSA) is 44.1 Å². The third kappa shape index (κ3) is 3.64. The van der Waals surface area contributed by atoms with Gasteiger partial charge >= 0.3 is 0 Å². The van der Waals surface area contributed by atoms with Gasteiger partial charge in [-0.3, -0.25) is 4.79 Å². The number of carbonyl (C=O) groups excluding carboxylic acids is 1. The van der Waals surface area contributed by atoms with Crippen LogP contribution in [-0.4, -0.2) is 12.5 Å². The molecule has 1 saturated carbocycles. The van der Waals surface area contributed by atoms with Gasteiger partial charge in [-0.15, -0.1) is 0 Å². The average Bonchev–Trinajstić information content (AvgIpc) is 2.48. The Labute approximate surface area is 127 Å². The molecule has 1 aromatic carbocycles. The van der Waals surface area contributed by atoms with Crippen molar-refractivity contribution in [3.05, 3.63) is 30.3 Å². The zero-order chi connectivity index (χ0) is 15.3. The maximum Gasteiger partial charge on any atom is 0.230 e. The van der Waals surface area contributed by atoms with Gasteiger partial charge in [-0.05, 0) is 30.4 Å². The summed E-state index contributed by atoms with van der Waals surface area (Å²) in [5.41, 5.74) is 0.953. The third-order valence-corrected chi connectivity index (χ3v) is 4.59. The summed E-state index contributed by atoms with van der Waals surface area (Å²) < 4.78 is 0.